The van der Waals surface area contributed by atoms with Crippen LogP contribution in [0.4, 0.5) is 0 Å². The molecule has 2 aromatic rings. The van der Waals surface area contributed by atoms with Gasteiger partial charge >= 0.3 is 11.7 Å². The molecule has 0 saturated carbocycles. The van der Waals surface area contributed by atoms with E-state index >= 15 is 0 Å². The van der Waals surface area contributed by atoms with Crippen LogP contribution in [0.2, 0.25) is 0 Å². The lowest BCUT2D eigenvalue weighted by molar-refractivity contribution is -0.137. The van der Waals surface area contributed by atoms with Crippen LogP contribution >= 0.6 is 0 Å². The van der Waals surface area contributed by atoms with Crippen molar-refractivity contribution in [1.82, 2.24) is 9.55 Å². The molecule has 2 N–H and O–H groups in total. The number of hydrogen-bond donors (Lipinski definition) is 2. The average Bonchev–Trinajstić information content (AvgIpc) is 2.33. The Bertz CT molecular complexity index is 728. The Hall–Kier alpha value is -2.57. The molecule has 18 heavy (non-hydrogen) atoms. The Morgan fingerprint density at radius 3 is 2.78 bits per heavy atom. The fourth-order valence-electron chi connectivity index (χ4n) is 1.64. The quantitative estimate of drug-likeness (QED) is 0.784. The second kappa shape index (κ2) is 4.36. The van der Waals surface area contributed by atoms with Gasteiger partial charge in [0, 0.05) is 6.07 Å². The highest BCUT2D eigenvalue weighted by molar-refractivity contribution is 5.79. The van der Waals surface area contributed by atoms with Gasteiger partial charge in [0.25, 0.3) is 5.56 Å². The van der Waals surface area contributed by atoms with Crippen LogP contribution in [0, 0.1) is 0 Å². The fourth-order valence-corrected chi connectivity index (χ4v) is 1.64. The highest BCUT2D eigenvalue weighted by atomic mass is 16.5. The van der Waals surface area contributed by atoms with Crippen LogP contribution in [0.15, 0.2) is 27.8 Å². The number of carbonyl (C=O) groups is 1. The van der Waals surface area contributed by atoms with Gasteiger partial charge in [-0.2, -0.15) is 0 Å². The van der Waals surface area contributed by atoms with E-state index in [4.69, 9.17) is 9.84 Å². The summed E-state index contributed by atoms with van der Waals surface area (Å²) in [6.07, 6.45) is 0. The number of aromatic amines is 1. The number of aliphatic carboxylic acids is 1. The van der Waals surface area contributed by atoms with Gasteiger partial charge in [-0.1, -0.05) is 0 Å². The van der Waals surface area contributed by atoms with Crippen LogP contribution < -0.4 is 16.0 Å². The van der Waals surface area contributed by atoms with Crippen molar-refractivity contribution in [1.29, 1.82) is 0 Å². The van der Waals surface area contributed by atoms with Gasteiger partial charge in [-0.25, -0.2) is 9.36 Å². The molecule has 0 aliphatic heterocycles. The number of benzene rings is 1. The van der Waals surface area contributed by atoms with E-state index in [1.54, 1.807) is 6.07 Å². The van der Waals surface area contributed by atoms with Crippen molar-refractivity contribution in [2.45, 2.75) is 6.54 Å². The first-order valence-electron chi connectivity index (χ1n) is 5.05. The molecule has 1 aromatic carbocycles. The minimum absolute atomic E-state index is 0.233. The molecular weight excluding hydrogens is 240 g/mol. The highest BCUT2D eigenvalue weighted by Crippen LogP contribution is 2.14. The molecule has 7 heteroatoms. The van der Waals surface area contributed by atoms with Crippen molar-refractivity contribution < 1.29 is 14.6 Å². The molecule has 2 rings (SSSR count). The molecule has 0 bridgehead atoms. The molecule has 0 aliphatic rings. The van der Waals surface area contributed by atoms with Gasteiger partial charge in [0.1, 0.15) is 12.3 Å². The Morgan fingerprint density at radius 1 is 1.44 bits per heavy atom. The van der Waals surface area contributed by atoms with Gasteiger partial charge in [0.05, 0.1) is 18.0 Å². The van der Waals surface area contributed by atoms with Crippen LogP contribution in [0.1, 0.15) is 0 Å². The maximum absolute atomic E-state index is 11.9. The summed E-state index contributed by atoms with van der Waals surface area (Å²) < 4.78 is 5.61. The van der Waals surface area contributed by atoms with Crippen LogP contribution in [0.5, 0.6) is 5.75 Å². The molecule has 1 heterocycles. The summed E-state index contributed by atoms with van der Waals surface area (Å²) in [5.41, 5.74) is -1.09. The van der Waals surface area contributed by atoms with Crippen molar-refractivity contribution in [3.05, 3.63) is 39.0 Å². The number of carboxylic acid groups (broad SMARTS) is 1. The number of nitrogens with zero attached hydrogens (tertiary/aromatic N) is 1. The van der Waals surface area contributed by atoms with Gasteiger partial charge in [0.15, 0.2) is 0 Å². The summed E-state index contributed by atoms with van der Waals surface area (Å²) in [5, 5.41) is 8.87. The SMILES string of the molecule is COc1ccc2c(=O)n(CC(=O)O)c(=O)[nH]c2c1. The summed E-state index contributed by atoms with van der Waals surface area (Å²) in [7, 11) is 1.46. The number of rotatable bonds is 3. The number of hydrogen-bond acceptors (Lipinski definition) is 4. The number of nitrogens with one attached hydrogen (secondary N) is 1. The van der Waals surface area contributed by atoms with Crippen molar-refractivity contribution in [2.24, 2.45) is 0 Å². The molecule has 0 spiro atoms. The van der Waals surface area contributed by atoms with Crippen molar-refractivity contribution in [3.63, 3.8) is 0 Å². The molecule has 0 unspecified atom stereocenters. The predicted molar refractivity (Wildman–Crippen MR) is 63.0 cm³/mol. The third-order valence-corrected chi connectivity index (χ3v) is 2.48. The minimum Gasteiger partial charge on any atom is -0.497 e. The molecule has 94 valence electrons. The molecule has 0 aliphatic carbocycles. The van der Waals surface area contributed by atoms with Crippen molar-refractivity contribution >= 4 is 16.9 Å². The van der Waals surface area contributed by atoms with E-state index < -0.39 is 23.8 Å². The van der Waals surface area contributed by atoms with E-state index in [1.165, 1.54) is 19.2 Å². The zero-order chi connectivity index (χ0) is 13.3. The maximum atomic E-state index is 11.9. The van der Waals surface area contributed by atoms with Crippen LogP contribution in [0.25, 0.3) is 10.9 Å². The summed E-state index contributed by atoms with van der Waals surface area (Å²) in [4.78, 5) is 36.5. The van der Waals surface area contributed by atoms with Gasteiger partial charge in [-0.05, 0) is 12.1 Å². The maximum Gasteiger partial charge on any atom is 0.329 e. The first kappa shape index (κ1) is 11.9. The van der Waals surface area contributed by atoms with Crippen LogP contribution in [-0.4, -0.2) is 27.7 Å². The zero-order valence-corrected chi connectivity index (χ0v) is 9.47. The van der Waals surface area contributed by atoms with E-state index in [-0.39, 0.29) is 5.39 Å². The van der Waals surface area contributed by atoms with E-state index in [9.17, 15) is 14.4 Å². The average molecular weight is 250 g/mol. The van der Waals surface area contributed by atoms with E-state index in [0.29, 0.717) is 15.8 Å². The van der Waals surface area contributed by atoms with E-state index in [2.05, 4.69) is 4.98 Å². The van der Waals surface area contributed by atoms with Gasteiger partial charge in [0.2, 0.25) is 0 Å². The summed E-state index contributed by atoms with van der Waals surface area (Å²) in [5.74, 6) is -0.760. The lowest BCUT2D eigenvalue weighted by atomic mass is 10.2. The second-order valence-corrected chi connectivity index (χ2v) is 3.63. The van der Waals surface area contributed by atoms with Crippen molar-refractivity contribution in [2.75, 3.05) is 7.11 Å². The molecule has 0 saturated heterocycles. The molecule has 0 fully saturated rings. The van der Waals surface area contributed by atoms with Gasteiger partial charge in [-0.15, -0.1) is 0 Å². The molecule has 0 radical (unpaired) electrons. The smallest absolute Gasteiger partial charge is 0.329 e. The summed E-state index contributed by atoms with van der Waals surface area (Å²) in [6.45, 7) is -0.671. The molecule has 0 atom stereocenters. The Labute approximate surface area is 100 Å². The lowest BCUT2D eigenvalue weighted by Gasteiger charge is -2.05. The number of fused-ring (bicyclic) bond motifs is 1. The third kappa shape index (κ3) is 1.97. The molecule has 1 aromatic heterocycles. The van der Waals surface area contributed by atoms with Gasteiger partial charge in [-0.3, -0.25) is 9.59 Å². The molecular formula is C11H10N2O5. The second-order valence-electron chi connectivity index (χ2n) is 3.63. The fraction of sp³-hybridized carbons (Fsp3) is 0.182. The number of ether oxygens (including phenoxy) is 1. The summed E-state index contributed by atoms with van der Waals surface area (Å²) >= 11 is 0. The summed E-state index contributed by atoms with van der Waals surface area (Å²) in [6, 6.07) is 4.54. The third-order valence-electron chi connectivity index (χ3n) is 2.48. The zero-order valence-electron chi connectivity index (χ0n) is 9.47. The number of aromatic nitrogens is 2. The van der Waals surface area contributed by atoms with E-state index in [0.717, 1.165) is 0 Å². The normalized spacial score (nSPS) is 10.5. The predicted octanol–water partition coefficient (Wildman–Crippen LogP) is -0.217. The van der Waals surface area contributed by atoms with Crippen molar-refractivity contribution in [3.8, 4) is 5.75 Å². The van der Waals surface area contributed by atoms with Crippen LogP contribution in [0.3, 0.4) is 0 Å². The Balaban J connectivity index is 2.75. The number of H-pyrrole nitrogens is 1. The first-order valence-corrected chi connectivity index (χ1v) is 5.05. The monoisotopic (exact) mass is 250 g/mol. The number of methoxy groups -OCH3 is 1. The number of carboxylic acids is 1. The minimum atomic E-state index is -1.25. The Kier molecular flexibility index (Phi) is 2.88. The molecule has 7 nitrogen and oxygen atoms in total. The van der Waals surface area contributed by atoms with E-state index in [1.807, 2.05) is 0 Å². The largest absolute Gasteiger partial charge is 0.497 e. The highest BCUT2D eigenvalue weighted by Gasteiger charge is 2.10. The molecule has 0 amide bonds. The van der Waals surface area contributed by atoms with Crippen LogP contribution in [-0.2, 0) is 11.3 Å². The van der Waals surface area contributed by atoms with Gasteiger partial charge < -0.3 is 14.8 Å². The Morgan fingerprint density at radius 2 is 2.17 bits per heavy atom. The first-order chi connectivity index (χ1) is 8.52. The topological polar surface area (TPSA) is 101 Å². The standard InChI is InChI=1S/C11H10N2O5/c1-18-6-2-3-7-8(4-6)12-11(17)13(10(7)16)5-9(14)15/h2-4H,5H2,1H3,(H,12,17)(H,14,15). The lowest BCUT2D eigenvalue weighted by Crippen LogP contribution is -2.37.